The van der Waals surface area contributed by atoms with E-state index in [-0.39, 0.29) is 42.0 Å². The average molecular weight is 662 g/mol. The molecule has 250 valence electrons. The Morgan fingerprint density at radius 2 is 2.02 bits per heavy atom. The molecule has 2 fully saturated rings. The minimum absolute atomic E-state index is 0.0136. The molecule has 0 spiro atoms. The monoisotopic (exact) mass is 661 g/mol. The second-order valence-electron chi connectivity index (χ2n) is 12.7. The molecule has 6 rings (SSSR count). The molecule has 2 aliphatic rings. The predicted octanol–water partition coefficient (Wildman–Crippen LogP) is 7.17. The molecular weight excluding hydrogens is 624 g/mol. The summed E-state index contributed by atoms with van der Waals surface area (Å²) in [6.45, 7) is 10.2. The van der Waals surface area contributed by atoms with Gasteiger partial charge in [0.1, 0.15) is 18.2 Å². The van der Waals surface area contributed by atoms with Crippen molar-refractivity contribution in [2.75, 3.05) is 26.7 Å². The molecule has 1 amide bonds. The van der Waals surface area contributed by atoms with Crippen LogP contribution in [0.4, 0.5) is 8.78 Å². The Morgan fingerprint density at radius 3 is 2.71 bits per heavy atom. The number of ether oxygens (including phenoxy) is 1. The summed E-state index contributed by atoms with van der Waals surface area (Å²) < 4.78 is 39.1. The first-order valence-electron chi connectivity index (χ1n) is 16.4. The third-order valence-electron chi connectivity index (χ3n) is 9.76. The number of aromatic nitrogens is 3. The maximum atomic E-state index is 17.1. The molecule has 4 aromatic rings. The summed E-state index contributed by atoms with van der Waals surface area (Å²) in [6, 6.07) is 10.9. The van der Waals surface area contributed by atoms with Gasteiger partial charge < -0.3 is 14.5 Å². The van der Waals surface area contributed by atoms with Crippen molar-refractivity contribution in [1.29, 1.82) is 10.5 Å². The maximum absolute atomic E-state index is 17.1. The van der Waals surface area contributed by atoms with E-state index >= 15 is 4.39 Å². The summed E-state index contributed by atoms with van der Waals surface area (Å²) >= 11 is 0. The maximum Gasteiger partial charge on any atom is 0.282 e. The van der Waals surface area contributed by atoms with Crippen LogP contribution in [0.25, 0.3) is 39.0 Å². The number of nitrogens with zero attached hydrogens (tertiary/aromatic N) is 7. The zero-order valence-corrected chi connectivity index (χ0v) is 27.6. The van der Waals surface area contributed by atoms with Gasteiger partial charge in [-0.25, -0.2) is 13.8 Å². The number of carbonyl (C=O) groups excluding carboxylic acids is 1. The number of allylic oxidation sites excluding steroid dienone is 2. The highest BCUT2D eigenvalue weighted by Crippen LogP contribution is 2.41. The molecule has 2 saturated heterocycles. The van der Waals surface area contributed by atoms with Crippen LogP contribution in [0.5, 0.6) is 5.88 Å². The van der Waals surface area contributed by atoms with Crippen molar-refractivity contribution in [2.24, 2.45) is 0 Å². The number of hydrogen-bond acceptors (Lipinski definition) is 7. The SMILES string of the molecule is C=C/C=C\c1cccc(-c2c(C)cc3c(nc(OC[C@@H]4CCCN4C)c4cnn([C@H]5CCN(C(=O)C(=C)F)[C@H](CC#N)C5)c43)c2F)c1C#N. The van der Waals surface area contributed by atoms with Crippen molar-refractivity contribution < 1.29 is 18.3 Å². The van der Waals surface area contributed by atoms with Gasteiger partial charge in [0.15, 0.2) is 11.6 Å². The Balaban J connectivity index is 1.53. The second kappa shape index (κ2) is 14.0. The molecule has 2 aromatic heterocycles. The van der Waals surface area contributed by atoms with Crippen molar-refractivity contribution in [2.45, 2.75) is 57.2 Å². The first kappa shape index (κ1) is 33.5. The fourth-order valence-electron chi connectivity index (χ4n) is 7.28. The molecular formula is C38H37F2N7O2. The first-order chi connectivity index (χ1) is 23.7. The number of rotatable bonds is 9. The van der Waals surface area contributed by atoms with Gasteiger partial charge in [-0.3, -0.25) is 9.48 Å². The number of nitriles is 2. The van der Waals surface area contributed by atoms with Crippen LogP contribution in [-0.4, -0.2) is 69.3 Å². The largest absolute Gasteiger partial charge is 0.475 e. The lowest BCUT2D eigenvalue weighted by molar-refractivity contribution is -0.132. The van der Waals surface area contributed by atoms with Gasteiger partial charge in [-0.05, 0) is 63.4 Å². The first-order valence-corrected chi connectivity index (χ1v) is 16.4. The molecule has 0 bridgehead atoms. The molecule has 49 heavy (non-hydrogen) atoms. The van der Waals surface area contributed by atoms with Crippen LogP contribution < -0.4 is 4.74 Å². The highest BCUT2D eigenvalue weighted by atomic mass is 19.1. The van der Waals surface area contributed by atoms with Crippen LogP contribution in [0.15, 0.2) is 61.6 Å². The molecule has 11 heteroatoms. The molecule has 0 unspecified atom stereocenters. The molecule has 0 saturated carbocycles. The lowest BCUT2D eigenvalue weighted by Crippen LogP contribution is -2.46. The van der Waals surface area contributed by atoms with Gasteiger partial charge in [0.25, 0.3) is 5.91 Å². The van der Waals surface area contributed by atoms with E-state index in [2.05, 4.69) is 37.2 Å². The van der Waals surface area contributed by atoms with Crippen molar-refractivity contribution in [3.8, 4) is 29.1 Å². The van der Waals surface area contributed by atoms with E-state index in [9.17, 15) is 19.7 Å². The minimum atomic E-state index is -1.07. The summed E-state index contributed by atoms with van der Waals surface area (Å²) in [5.41, 5.74) is 2.98. The number of fused-ring (bicyclic) bond motifs is 3. The van der Waals surface area contributed by atoms with Crippen LogP contribution >= 0.6 is 0 Å². The van der Waals surface area contributed by atoms with E-state index in [0.717, 1.165) is 19.4 Å². The van der Waals surface area contributed by atoms with Gasteiger partial charge in [0, 0.05) is 35.1 Å². The number of aryl methyl sites for hydroxylation is 1. The zero-order chi connectivity index (χ0) is 34.8. The van der Waals surface area contributed by atoms with Gasteiger partial charge >= 0.3 is 0 Å². The van der Waals surface area contributed by atoms with Crippen molar-refractivity contribution >= 4 is 33.8 Å². The van der Waals surface area contributed by atoms with Crippen molar-refractivity contribution in [3.05, 3.63) is 84.1 Å². The Bertz CT molecular complexity index is 2090. The molecule has 0 N–H and O–H groups in total. The van der Waals surface area contributed by atoms with E-state index in [4.69, 9.17) is 14.8 Å². The molecule has 2 aliphatic heterocycles. The van der Waals surface area contributed by atoms with E-state index in [1.54, 1.807) is 49.5 Å². The van der Waals surface area contributed by atoms with Gasteiger partial charge in [0.2, 0.25) is 5.88 Å². The number of benzene rings is 2. The van der Waals surface area contributed by atoms with E-state index in [1.807, 2.05) is 10.7 Å². The van der Waals surface area contributed by atoms with Crippen LogP contribution in [0, 0.1) is 35.4 Å². The topological polar surface area (TPSA) is 111 Å². The third-order valence-corrected chi connectivity index (χ3v) is 9.76. The van der Waals surface area contributed by atoms with E-state index in [0.29, 0.717) is 58.0 Å². The number of pyridine rings is 1. The summed E-state index contributed by atoms with van der Waals surface area (Å²) in [5, 5.41) is 25.6. The van der Waals surface area contributed by atoms with Crippen LogP contribution in [0.1, 0.15) is 54.8 Å². The number of hydrogen-bond donors (Lipinski definition) is 0. The Kier molecular flexibility index (Phi) is 9.57. The normalized spacial score (nSPS) is 19.7. The highest BCUT2D eigenvalue weighted by Gasteiger charge is 2.35. The van der Waals surface area contributed by atoms with Crippen molar-refractivity contribution in [3.63, 3.8) is 0 Å². The molecule has 9 nitrogen and oxygen atoms in total. The number of amides is 1. The fourth-order valence-corrected chi connectivity index (χ4v) is 7.28. The molecule has 0 aliphatic carbocycles. The fraction of sp³-hybridized carbons (Fsp3) is 0.342. The number of carbonyl (C=O) groups is 1. The summed E-state index contributed by atoms with van der Waals surface area (Å²) in [5.74, 6) is -2.22. The van der Waals surface area contributed by atoms with Gasteiger partial charge in [0.05, 0.1) is 41.2 Å². The number of likely N-dealkylation sites (tertiary alicyclic amines) is 2. The zero-order valence-electron chi connectivity index (χ0n) is 27.6. The third kappa shape index (κ3) is 6.18. The number of halogens is 2. The molecule has 3 atom stereocenters. The lowest BCUT2D eigenvalue weighted by atomic mass is 9.91. The lowest BCUT2D eigenvalue weighted by Gasteiger charge is -2.38. The smallest absolute Gasteiger partial charge is 0.282 e. The number of piperidine rings is 1. The van der Waals surface area contributed by atoms with Crippen LogP contribution in [-0.2, 0) is 4.79 Å². The van der Waals surface area contributed by atoms with E-state index in [1.165, 1.54) is 4.90 Å². The highest BCUT2D eigenvalue weighted by molar-refractivity contribution is 6.07. The summed E-state index contributed by atoms with van der Waals surface area (Å²) in [6.07, 6.45) is 9.58. The van der Waals surface area contributed by atoms with Gasteiger partial charge in [-0.1, -0.05) is 49.6 Å². The second-order valence-corrected chi connectivity index (χ2v) is 12.7. The van der Waals surface area contributed by atoms with Crippen molar-refractivity contribution in [1.82, 2.24) is 24.6 Å². The van der Waals surface area contributed by atoms with Gasteiger partial charge in [-0.2, -0.15) is 15.6 Å². The predicted molar refractivity (Wildman–Crippen MR) is 185 cm³/mol. The number of likely N-dealkylation sites (N-methyl/N-ethyl adjacent to an activating group) is 1. The average Bonchev–Trinajstić information content (AvgIpc) is 3.73. The summed E-state index contributed by atoms with van der Waals surface area (Å²) in [7, 11) is 2.05. The minimum Gasteiger partial charge on any atom is -0.475 e. The Morgan fingerprint density at radius 1 is 1.20 bits per heavy atom. The molecule has 2 aromatic carbocycles. The van der Waals surface area contributed by atoms with E-state index < -0.39 is 23.6 Å². The summed E-state index contributed by atoms with van der Waals surface area (Å²) in [4.78, 5) is 20.9. The Hall–Kier alpha value is -5.39. The molecule has 4 heterocycles. The van der Waals surface area contributed by atoms with Crippen LogP contribution in [0.3, 0.4) is 0 Å². The van der Waals surface area contributed by atoms with Crippen LogP contribution in [0.2, 0.25) is 0 Å². The molecule has 0 radical (unpaired) electrons. The Labute approximate surface area is 284 Å². The van der Waals surface area contributed by atoms with Gasteiger partial charge in [-0.15, -0.1) is 0 Å². The quantitative estimate of drug-likeness (QED) is 0.138. The standard InChI is InChI=1S/C38H37F2N7O2/c1-5-6-9-25-10-7-12-29(31(25)20-42)33-23(2)18-30-35(34(33)40)44-37(49-22-28-11-8-16-45(28)4)32-21-43-47(36(30)32)27-14-17-46(38(48)24(3)39)26(19-27)13-15-41/h5-7,9-10,12,18,21,26-28H,1,3,8,11,13-14,16-17,19,22H2,2,4H3/b9-6-/t26-,27+,28+/m1/s1.